The van der Waals surface area contributed by atoms with Gasteiger partial charge in [0.05, 0.1) is 5.52 Å². The first-order valence-electron chi connectivity index (χ1n) is 7.43. The van der Waals surface area contributed by atoms with Crippen LogP contribution in [-0.2, 0) is 0 Å². The van der Waals surface area contributed by atoms with Crippen LogP contribution < -0.4 is 0 Å². The van der Waals surface area contributed by atoms with Crippen LogP contribution in [0.4, 0.5) is 0 Å². The van der Waals surface area contributed by atoms with Crippen molar-refractivity contribution in [1.29, 1.82) is 0 Å². The van der Waals surface area contributed by atoms with E-state index in [2.05, 4.69) is 96.5 Å². The second-order valence-corrected chi connectivity index (χ2v) is 13.2. The Labute approximate surface area is 136 Å². The minimum Gasteiger partial charge on any atom is -0.367 e. The number of fused-ring (bicyclic) bond motifs is 3. The quantitative estimate of drug-likeness (QED) is 0.442. The Bertz CT molecular complexity index is 824. The normalized spacial score (nSPS) is 13.2. The minimum absolute atomic E-state index is 0.289. The van der Waals surface area contributed by atoms with Crippen LogP contribution in [0.3, 0.4) is 0 Å². The van der Waals surface area contributed by atoms with Crippen molar-refractivity contribution < 1.29 is 0 Å². The van der Waals surface area contributed by atoms with Crippen LogP contribution in [-0.4, -0.2) is 12.5 Å². The summed E-state index contributed by atoms with van der Waals surface area (Å²) in [5.74, 6) is 0. The summed E-state index contributed by atoms with van der Waals surface area (Å²) in [4.78, 5) is 0. The summed E-state index contributed by atoms with van der Waals surface area (Å²) in [6, 6.07) is 15.3. The highest BCUT2D eigenvalue weighted by Gasteiger charge is 2.39. The molecule has 0 atom stereocenters. The molecular formula is C18H22BrNSi. The minimum atomic E-state index is -1.70. The zero-order valence-electron chi connectivity index (χ0n) is 13.4. The molecule has 0 saturated carbocycles. The number of hydrogen-bond acceptors (Lipinski definition) is 0. The van der Waals surface area contributed by atoms with Crippen LogP contribution in [0.2, 0.25) is 18.1 Å². The van der Waals surface area contributed by atoms with Crippen molar-refractivity contribution in [1.82, 2.24) is 4.23 Å². The number of aromatic nitrogens is 1. The van der Waals surface area contributed by atoms with E-state index in [4.69, 9.17) is 0 Å². The van der Waals surface area contributed by atoms with Crippen molar-refractivity contribution in [2.45, 2.75) is 38.9 Å². The number of hydrogen-bond donors (Lipinski definition) is 0. The van der Waals surface area contributed by atoms with E-state index < -0.39 is 8.24 Å². The molecule has 1 heterocycles. The van der Waals surface area contributed by atoms with Crippen molar-refractivity contribution in [3.8, 4) is 0 Å². The van der Waals surface area contributed by atoms with E-state index in [0.717, 1.165) is 0 Å². The molecule has 0 fully saturated rings. The number of halogens is 1. The summed E-state index contributed by atoms with van der Waals surface area (Å²) in [6.07, 6.45) is 0. The monoisotopic (exact) mass is 359 g/mol. The molecule has 0 aliphatic heterocycles. The molecular weight excluding hydrogens is 338 g/mol. The zero-order valence-corrected chi connectivity index (χ0v) is 16.0. The highest BCUT2D eigenvalue weighted by atomic mass is 79.9. The molecule has 0 saturated heterocycles. The fourth-order valence-electron chi connectivity index (χ4n) is 2.89. The van der Waals surface area contributed by atoms with Gasteiger partial charge in [-0.2, -0.15) is 0 Å². The average molecular weight is 360 g/mol. The van der Waals surface area contributed by atoms with Crippen LogP contribution >= 0.6 is 15.9 Å². The zero-order chi connectivity index (χ0) is 15.4. The number of benzene rings is 2. The van der Waals surface area contributed by atoms with Gasteiger partial charge in [-0.25, -0.2) is 0 Å². The van der Waals surface area contributed by atoms with Gasteiger partial charge < -0.3 is 4.23 Å². The third-order valence-corrected chi connectivity index (χ3v) is 10.9. The summed E-state index contributed by atoms with van der Waals surface area (Å²) in [5, 5.41) is 3.00. The third kappa shape index (κ3) is 2.09. The van der Waals surface area contributed by atoms with E-state index in [1.54, 1.807) is 0 Å². The van der Waals surface area contributed by atoms with Crippen LogP contribution in [0, 0.1) is 0 Å². The summed E-state index contributed by atoms with van der Waals surface area (Å²) in [6.45, 7) is 12.1. The molecule has 21 heavy (non-hydrogen) atoms. The topological polar surface area (TPSA) is 4.93 Å². The van der Waals surface area contributed by atoms with Crippen LogP contribution in [0.15, 0.2) is 46.9 Å². The fourth-order valence-corrected chi connectivity index (χ4v) is 5.87. The maximum atomic E-state index is 3.79. The molecule has 3 aromatic rings. The lowest BCUT2D eigenvalue weighted by Gasteiger charge is -2.39. The molecule has 0 N–H and O–H groups in total. The fraction of sp³-hybridized carbons (Fsp3) is 0.333. The second-order valence-electron chi connectivity index (χ2n) is 7.30. The molecule has 0 aliphatic carbocycles. The van der Waals surface area contributed by atoms with Gasteiger partial charge >= 0.3 is 0 Å². The van der Waals surface area contributed by atoms with Crippen molar-refractivity contribution >= 4 is 46.0 Å². The van der Waals surface area contributed by atoms with E-state index in [0.29, 0.717) is 0 Å². The molecule has 1 nitrogen and oxygen atoms in total. The summed E-state index contributed by atoms with van der Waals surface area (Å²) in [7, 11) is -1.70. The Morgan fingerprint density at radius 2 is 1.52 bits per heavy atom. The Kier molecular flexibility index (Phi) is 3.34. The molecule has 0 radical (unpaired) electrons. The van der Waals surface area contributed by atoms with Crippen LogP contribution in [0.25, 0.3) is 21.8 Å². The maximum absolute atomic E-state index is 3.79. The Morgan fingerprint density at radius 1 is 0.905 bits per heavy atom. The van der Waals surface area contributed by atoms with E-state index in [1.165, 1.54) is 26.3 Å². The average Bonchev–Trinajstić information content (AvgIpc) is 2.74. The van der Waals surface area contributed by atoms with E-state index in [-0.39, 0.29) is 5.04 Å². The first-order valence-corrected chi connectivity index (χ1v) is 11.2. The molecule has 2 aromatic carbocycles. The summed E-state index contributed by atoms with van der Waals surface area (Å²) < 4.78 is 3.84. The van der Waals surface area contributed by atoms with Gasteiger partial charge in [-0.3, -0.25) is 0 Å². The molecule has 3 rings (SSSR count). The van der Waals surface area contributed by atoms with Gasteiger partial charge in [-0.1, -0.05) is 64.2 Å². The Morgan fingerprint density at radius 3 is 2.19 bits per heavy atom. The SMILES string of the molecule is CC(C)(C)[Si](C)(C)n1c2ccccc2c2cccc(Br)c21. The largest absolute Gasteiger partial charge is 0.367 e. The lowest BCUT2D eigenvalue weighted by molar-refractivity contribution is 0.705. The van der Waals surface area contributed by atoms with Crippen LogP contribution in [0.1, 0.15) is 20.8 Å². The van der Waals surface area contributed by atoms with E-state index in [9.17, 15) is 0 Å². The predicted molar refractivity (Wildman–Crippen MR) is 99.7 cm³/mol. The van der Waals surface area contributed by atoms with Crippen molar-refractivity contribution in [2.24, 2.45) is 0 Å². The second kappa shape index (κ2) is 4.72. The molecule has 0 bridgehead atoms. The van der Waals surface area contributed by atoms with Gasteiger partial charge in [0.1, 0.15) is 0 Å². The Balaban J connectivity index is 2.56. The standard InChI is InChI=1S/C18H22BrNSi/c1-18(2,3)21(4,5)20-16-12-7-6-9-13(16)14-10-8-11-15(19)17(14)20/h6-12H,1-5H3. The highest BCUT2D eigenvalue weighted by molar-refractivity contribution is 9.10. The van der Waals surface area contributed by atoms with Gasteiger partial charge in [0, 0.05) is 20.8 Å². The molecule has 3 heteroatoms. The van der Waals surface area contributed by atoms with Gasteiger partial charge in [-0.05, 0) is 33.1 Å². The van der Waals surface area contributed by atoms with E-state index in [1.807, 2.05) is 0 Å². The van der Waals surface area contributed by atoms with Crippen molar-refractivity contribution in [3.05, 3.63) is 46.9 Å². The van der Waals surface area contributed by atoms with Gasteiger partial charge in [0.2, 0.25) is 0 Å². The lowest BCUT2D eigenvalue weighted by atomic mass is 10.2. The summed E-state index contributed by atoms with van der Waals surface area (Å²) in [5.41, 5.74) is 2.72. The number of para-hydroxylation sites is 2. The molecule has 0 unspecified atom stereocenters. The predicted octanol–water partition coefficient (Wildman–Crippen LogP) is 6.41. The van der Waals surface area contributed by atoms with E-state index >= 15 is 0 Å². The Hall–Kier alpha value is -1.06. The first kappa shape index (κ1) is 14.9. The molecule has 110 valence electrons. The lowest BCUT2D eigenvalue weighted by Crippen LogP contribution is -2.45. The van der Waals surface area contributed by atoms with Crippen LogP contribution in [0.5, 0.6) is 0 Å². The van der Waals surface area contributed by atoms with Gasteiger partial charge in [0.25, 0.3) is 0 Å². The summed E-state index contributed by atoms with van der Waals surface area (Å²) >= 11 is 3.79. The molecule has 0 amide bonds. The van der Waals surface area contributed by atoms with Crippen molar-refractivity contribution in [3.63, 3.8) is 0 Å². The number of rotatable bonds is 1. The number of nitrogens with zero attached hydrogens (tertiary/aromatic N) is 1. The van der Waals surface area contributed by atoms with Gasteiger partial charge in [-0.15, -0.1) is 0 Å². The third-order valence-electron chi connectivity index (χ3n) is 5.04. The van der Waals surface area contributed by atoms with Gasteiger partial charge in [0.15, 0.2) is 8.24 Å². The molecule has 1 aromatic heterocycles. The maximum Gasteiger partial charge on any atom is 0.161 e. The molecule has 0 spiro atoms. The molecule has 0 aliphatic rings. The highest BCUT2D eigenvalue weighted by Crippen LogP contribution is 2.43. The smallest absolute Gasteiger partial charge is 0.161 e. The van der Waals surface area contributed by atoms with Crippen molar-refractivity contribution in [2.75, 3.05) is 0 Å². The first-order chi connectivity index (χ1) is 9.75.